The third-order valence-electron chi connectivity index (χ3n) is 3.55. The molecule has 2 rings (SSSR count). The van der Waals surface area contributed by atoms with Gasteiger partial charge in [-0.1, -0.05) is 12.1 Å². The quantitative estimate of drug-likeness (QED) is 0.683. The summed E-state index contributed by atoms with van der Waals surface area (Å²) >= 11 is 0. The highest BCUT2D eigenvalue weighted by atomic mass is 35.5. The molecule has 5 nitrogen and oxygen atoms in total. The molecule has 0 spiro atoms. The molecule has 0 aromatic heterocycles. The highest BCUT2D eigenvalue weighted by Crippen LogP contribution is 2.23. The van der Waals surface area contributed by atoms with Crippen LogP contribution in [0.2, 0.25) is 0 Å². The van der Waals surface area contributed by atoms with Crippen LogP contribution < -0.4 is 5.73 Å². The van der Waals surface area contributed by atoms with Crippen molar-refractivity contribution in [2.75, 3.05) is 13.1 Å². The summed E-state index contributed by atoms with van der Waals surface area (Å²) in [4.78, 5) is 12.8. The van der Waals surface area contributed by atoms with Crippen molar-refractivity contribution in [3.8, 4) is 0 Å². The van der Waals surface area contributed by atoms with Gasteiger partial charge in [0.15, 0.2) is 0 Å². The number of nitrogens with two attached hydrogens (primary N) is 1. The summed E-state index contributed by atoms with van der Waals surface area (Å²) in [7, 11) is 0. The Labute approximate surface area is 119 Å². The van der Waals surface area contributed by atoms with Gasteiger partial charge in [-0.15, -0.1) is 12.4 Å². The van der Waals surface area contributed by atoms with Crippen LogP contribution in [0.15, 0.2) is 18.2 Å². The number of hydrogen-bond acceptors (Lipinski definition) is 4. The fourth-order valence-corrected chi connectivity index (χ4v) is 2.51. The van der Waals surface area contributed by atoms with Crippen molar-refractivity contribution in [1.82, 2.24) is 4.90 Å². The summed E-state index contributed by atoms with van der Waals surface area (Å²) in [5.41, 5.74) is 7.94. The molecule has 106 valence electrons. The molecule has 19 heavy (non-hydrogen) atoms. The first-order valence-corrected chi connectivity index (χ1v) is 6.28. The molecule has 1 fully saturated rings. The third-order valence-corrected chi connectivity index (χ3v) is 3.55. The number of likely N-dealkylation sites (tertiary alicyclic amines) is 1. The van der Waals surface area contributed by atoms with Gasteiger partial charge in [-0.25, -0.2) is 0 Å². The fraction of sp³-hybridized carbons (Fsp3) is 0.538. The Bertz CT molecular complexity index is 454. The monoisotopic (exact) mass is 285 g/mol. The number of rotatable bonds is 3. The van der Waals surface area contributed by atoms with Crippen LogP contribution in [0.25, 0.3) is 0 Å². The Hall–Kier alpha value is -1.17. The molecule has 0 bridgehead atoms. The summed E-state index contributed by atoms with van der Waals surface area (Å²) in [6.07, 6.45) is 2.18. The van der Waals surface area contributed by atoms with Gasteiger partial charge in [0.05, 0.1) is 4.92 Å². The van der Waals surface area contributed by atoms with Crippen LogP contribution in [-0.2, 0) is 6.54 Å². The molecule has 2 N–H and O–H groups in total. The summed E-state index contributed by atoms with van der Waals surface area (Å²) in [5, 5.41) is 10.9. The van der Waals surface area contributed by atoms with Gasteiger partial charge in [-0.3, -0.25) is 15.0 Å². The molecule has 1 unspecified atom stereocenters. The molecular formula is C13H20ClN3O2. The van der Waals surface area contributed by atoms with Crippen LogP contribution in [0.3, 0.4) is 0 Å². The van der Waals surface area contributed by atoms with E-state index in [-0.39, 0.29) is 29.1 Å². The molecule has 1 atom stereocenters. The van der Waals surface area contributed by atoms with Crippen LogP contribution >= 0.6 is 12.4 Å². The van der Waals surface area contributed by atoms with Gasteiger partial charge in [0.25, 0.3) is 5.69 Å². The van der Waals surface area contributed by atoms with Crippen molar-refractivity contribution in [1.29, 1.82) is 0 Å². The minimum atomic E-state index is -0.319. The van der Waals surface area contributed by atoms with Crippen molar-refractivity contribution < 1.29 is 4.92 Å². The van der Waals surface area contributed by atoms with E-state index in [1.54, 1.807) is 12.1 Å². The second-order valence-corrected chi connectivity index (χ2v) is 4.96. The molecule has 1 aliphatic rings. The summed E-state index contributed by atoms with van der Waals surface area (Å²) < 4.78 is 0. The first-order chi connectivity index (χ1) is 8.58. The molecule has 0 aliphatic carbocycles. The number of piperidine rings is 1. The van der Waals surface area contributed by atoms with E-state index in [1.807, 2.05) is 13.0 Å². The van der Waals surface area contributed by atoms with Crippen LogP contribution in [0, 0.1) is 17.0 Å². The number of hydrogen-bond donors (Lipinski definition) is 1. The van der Waals surface area contributed by atoms with Gasteiger partial charge >= 0.3 is 0 Å². The molecule has 1 aliphatic heterocycles. The van der Waals surface area contributed by atoms with Crippen molar-refractivity contribution in [3.05, 3.63) is 39.4 Å². The highest BCUT2D eigenvalue weighted by Gasteiger charge is 2.19. The number of benzene rings is 1. The van der Waals surface area contributed by atoms with E-state index in [2.05, 4.69) is 4.90 Å². The first-order valence-electron chi connectivity index (χ1n) is 6.28. The van der Waals surface area contributed by atoms with Gasteiger partial charge < -0.3 is 5.73 Å². The molecule has 1 saturated heterocycles. The van der Waals surface area contributed by atoms with Gasteiger partial charge in [0, 0.05) is 30.8 Å². The van der Waals surface area contributed by atoms with Crippen molar-refractivity contribution >= 4 is 18.1 Å². The van der Waals surface area contributed by atoms with E-state index in [9.17, 15) is 10.1 Å². The molecule has 0 amide bonds. The van der Waals surface area contributed by atoms with Gasteiger partial charge in [-0.05, 0) is 31.9 Å². The lowest BCUT2D eigenvalue weighted by atomic mass is 10.0. The Morgan fingerprint density at radius 2 is 2.26 bits per heavy atom. The molecule has 0 radical (unpaired) electrons. The summed E-state index contributed by atoms with van der Waals surface area (Å²) in [5.74, 6) is 0. The molecular weight excluding hydrogens is 266 g/mol. The Balaban J connectivity index is 0.00000180. The zero-order chi connectivity index (χ0) is 13.1. The number of nitrogens with zero attached hydrogens (tertiary/aromatic N) is 2. The largest absolute Gasteiger partial charge is 0.327 e. The molecule has 1 heterocycles. The average Bonchev–Trinajstić information content (AvgIpc) is 2.31. The van der Waals surface area contributed by atoms with Gasteiger partial charge in [-0.2, -0.15) is 0 Å². The Morgan fingerprint density at radius 1 is 1.53 bits per heavy atom. The van der Waals surface area contributed by atoms with E-state index in [1.165, 1.54) is 0 Å². The SMILES string of the molecule is Cc1c(CN2CCCC(N)C2)cccc1[N+](=O)[O-].Cl. The van der Waals surface area contributed by atoms with E-state index < -0.39 is 0 Å². The lowest BCUT2D eigenvalue weighted by molar-refractivity contribution is -0.385. The zero-order valence-corrected chi connectivity index (χ0v) is 11.9. The first kappa shape index (κ1) is 15.9. The Morgan fingerprint density at radius 3 is 2.89 bits per heavy atom. The Kier molecular flexibility index (Phi) is 5.72. The van der Waals surface area contributed by atoms with E-state index in [0.717, 1.165) is 43.6 Å². The highest BCUT2D eigenvalue weighted by molar-refractivity contribution is 5.85. The lowest BCUT2D eigenvalue weighted by Crippen LogP contribution is -2.42. The van der Waals surface area contributed by atoms with Gasteiger partial charge in [0.1, 0.15) is 0 Å². The van der Waals surface area contributed by atoms with Crippen molar-refractivity contribution in [3.63, 3.8) is 0 Å². The predicted octanol–water partition coefficient (Wildman–Crippen LogP) is 2.25. The summed E-state index contributed by atoms with van der Waals surface area (Å²) in [6.45, 7) is 4.47. The summed E-state index contributed by atoms with van der Waals surface area (Å²) in [6, 6.07) is 5.51. The van der Waals surface area contributed by atoms with E-state index in [4.69, 9.17) is 5.73 Å². The average molecular weight is 286 g/mol. The zero-order valence-electron chi connectivity index (χ0n) is 11.0. The standard InChI is InChI=1S/C13H19N3O2.ClH/c1-10-11(4-2-6-13(10)16(17)18)8-15-7-3-5-12(14)9-15;/h2,4,6,12H,3,5,7-9,14H2,1H3;1H. The van der Waals surface area contributed by atoms with Crippen LogP contribution in [0.4, 0.5) is 5.69 Å². The molecule has 6 heteroatoms. The molecule has 1 aromatic carbocycles. The van der Waals surface area contributed by atoms with Crippen LogP contribution in [-0.4, -0.2) is 29.0 Å². The van der Waals surface area contributed by atoms with Crippen molar-refractivity contribution in [2.24, 2.45) is 5.73 Å². The second kappa shape index (κ2) is 6.84. The van der Waals surface area contributed by atoms with E-state index in [0.29, 0.717) is 0 Å². The maximum absolute atomic E-state index is 10.9. The number of nitro benzene ring substituents is 1. The number of nitro groups is 1. The smallest absolute Gasteiger partial charge is 0.272 e. The third kappa shape index (κ3) is 3.89. The maximum Gasteiger partial charge on any atom is 0.272 e. The van der Waals surface area contributed by atoms with Crippen LogP contribution in [0.5, 0.6) is 0 Å². The normalized spacial score (nSPS) is 19.8. The lowest BCUT2D eigenvalue weighted by Gasteiger charge is -2.30. The topological polar surface area (TPSA) is 72.4 Å². The number of halogens is 1. The molecule has 1 aromatic rings. The van der Waals surface area contributed by atoms with Crippen molar-refractivity contribution in [2.45, 2.75) is 32.4 Å². The predicted molar refractivity (Wildman–Crippen MR) is 77.6 cm³/mol. The van der Waals surface area contributed by atoms with Gasteiger partial charge in [0.2, 0.25) is 0 Å². The fourth-order valence-electron chi connectivity index (χ4n) is 2.51. The minimum Gasteiger partial charge on any atom is -0.327 e. The maximum atomic E-state index is 10.9. The second-order valence-electron chi connectivity index (χ2n) is 4.96. The van der Waals surface area contributed by atoms with E-state index >= 15 is 0 Å². The molecule has 0 saturated carbocycles. The minimum absolute atomic E-state index is 0. The van der Waals surface area contributed by atoms with Crippen LogP contribution in [0.1, 0.15) is 24.0 Å².